The van der Waals surface area contributed by atoms with Crippen molar-refractivity contribution in [2.45, 2.75) is 37.9 Å². The molecule has 0 aliphatic rings. The number of carboxylic acid groups (broad SMARTS) is 1. The Kier molecular flexibility index (Phi) is 8.59. The van der Waals surface area contributed by atoms with Gasteiger partial charge in [0, 0.05) is 7.11 Å². The second kappa shape index (κ2) is 10.4. The van der Waals surface area contributed by atoms with E-state index in [1.165, 1.54) is 7.11 Å². The third-order valence-corrected chi connectivity index (χ3v) is 3.62. The predicted molar refractivity (Wildman–Crippen MR) is 91.7 cm³/mol. The zero-order valence-electron chi connectivity index (χ0n) is 14.4. The van der Waals surface area contributed by atoms with E-state index < -0.39 is 30.4 Å². The van der Waals surface area contributed by atoms with Gasteiger partial charge in [-0.1, -0.05) is 37.3 Å². The fraction of sp³-hybridized carbons (Fsp3) is 0.471. The monoisotopic (exact) mass is 351 g/mol. The van der Waals surface area contributed by atoms with E-state index >= 15 is 0 Å². The van der Waals surface area contributed by atoms with Crippen LogP contribution in [0.2, 0.25) is 0 Å². The van der Waals surface area contributed by atoms with Crippen LogP contribution in [0.15, 0.2) is 30.3 Å². The minimum atomic E-state index is -1.21. The van der Waals surface area contributed by atoms with Gasteiger partial charge in [-0.2, -0.15) is 0 Å². The Morgan fingerprint density at radius 2 is 1.80 bits per heavy atom. The molecule has 8 heteroatoms. The van der Waals surface area contributed by atoms with Crippen LogP contribution in [0.4, 0.5) is 0 Å². The van der Waals surface area contributed by atoms with E-state index in [9.17, 15) is 14.4 Å². The summed E-state index contributed by atoms with van der Waals surface area (Å²) in [4.78, 5) is 35.0. The molecule has 0 saturated carbocycles. The molecule has 1 aromatic rings. The fourth-order valence-electron chi connectivity index (χ4n) is 2.26. The Balaban J connectivity index is 2.73. The zero-order chi connectivity index (χ0) is 18.8. The van der Waals surface area contributed by atoms with Crippen LogP contribution in [-0.4, -0.2) is 48.7 Å². The summed E-state index contributed by atoms with van der Waals surface area (Å²) in [6.07, 6.45) is -0.161. The Labute approximate surface area is 146 Å². The van der Waals surface area contributed by atoms with Gasteiger partial charge in [-0.15, -0.1) is 0 Å². The summed E-state index contributed by atoms with van der Waals surface area (Å²) < 4.78 is 5.15. The second-order valence-electron chi connectivity index (χ2n) is 5.60. The second-order valence-corrected chi connectivity index (χ2v) is 5.60. The van der Waals surface area contributed by atoms with Crippen LogP contribution in [0, 0.1) is 0 Å². The average Bonchev–Trinajstić information content (AvgIpc) is 2.59. The van der Waals surface area contributed by atoms with Gasteiger partial charge in [0.1, 0.15) is 6.04 Å². The molecule has 0 saturated heterocycles. The van der Waals surface area contributed by atoms with Gasteiger partial charge in [0.25, 0.3) is 0 Å². The van der Waals surface area contributed by atoms with Crippen molar-refractivity contribution in [2.75, 3.05) is 13.7 Å². The minimum Gasteiger partial charge on any atom is -0.481 e. The number of carbonyl (C=O) groups is 3. The molecule has 0 spiro atoms. The topological polar surface area (TPSA) is 131 Å². The predicted octanol–water partition coefficient (Wildman–Crippen LogP) is 0.187. The first-order valence-electron chi connectivity index (χ1n) is 8.01. The van der Waals surface area contributed by atoms with Gasteiger partial charge < -0.3 is 26.2 Å². The lowest BCUT2D eigenvalue weighted by molar-refractivity contribution is -0.139. The van der Waals surface area contributed by atoms with Crippen molar-refractivity contribution < 1.29 is 24.2 Å². The lowest BCUT2D eigenvalue weighted by atomic mass is 10.1. The van der Waals surface area contributed by atoms with E-state index in [-0.39, 0.29) is 18.6 Å². The molecular formula is C17H25N3O5. The summed E-state index contributed by atoms with van der Waals surface area (Å²) in [7, 11) is 1.53. The standard InChI is InChI=1S/C17H25N3O5/c1-3-13(19-16(23)12(18)9-15(21)22)17(24)20-14(10-25-2)11-7-5-4-6-8-11/h4-8,12-14H,3,9-10,18H2,1-2H3,(H,19,23)(H,20,24)(H,21,22)/t12-,13+,14-/m0/s1. The number of carbonyl (C=O) groups excluding carboxylic acids is 2. The maximum absolute atomic E-state index is 12.5. The maximum atomic E-state index is 12.5. The highest BCUT2D eigenvalue weighted by Crippen LogP contribution is 2.13. The quantitative estimate of drug-likeness (QED) is 0.476. The highest BCUT2D eigenvalue weighted by atomic mass is 16.5. The van der Waals surface area contributed by atoms with E-state index in [1.54, 1.807) is 6.92 Å². The first kappa shape index (κ1) is 20.6. The number of ether oxygens (including phenoxy) is 1. The average molecular weight is 351 g/mol. The number of benzene rings is 1. The van der Waals surface area contributed by atoms with Crippen molar-refractivity contribution in [1.82, 2.24) is 10.6 Å². The summed E-state index contributed by atoms with van der Waals surface area (Å²) in [5.74, 6) is -2.24. The van der Waals surface area contributed by atoms with Crippen LogP contribution in [0.5, 0.6) is 0 Å². The normalized spacial score (nSPS) is 14.2. The number of nitrogens with one attached hydrogen (secondary N) is 2. The van der Waals surface area contributed by atoms with Crippen LogP contribution in [0.1, 0.15) is 31.4 Å². The van der Waals surface area contributed by atoms with Gasteiger partial charge in [-0.25, -0.2) is 0 Å². The molecule has 0 bridgehead atoms. The number of nitrogens with two attached hydrogens (primary N) is 1. The van der Waals surface area contributed by atoms with Crippen LogP contribution < -0.4 is 16.4 Å². The molecule has 2 amide bonds. The van der Waals surface area contributed by atoms with E-state index in [0.717, 1.165) is 5.56 Å². The molecule has 138 valence electrons. The van der Waals surface area contributed by atoms with E-state index in [0.29, 0.717) is 6.42 Å². The van der Waals surface area contributed by atoms with Gasteiger partial charge in [0.15, 0.2) is 0 Å². The SMILES string of the molecule is CC[C@@H](NC(=O)[C@@H](N)CC(=O)O)C(=O)N[C@@H](COC)c1ccccc1. The summed E-state index contributed by atoms with van der Waals surface area (Å²) in [5.41, 5.74) is 6.39. The van der Waals surface area contributed by atoms with E-state index in [2.05, 4.69) is 10.6 Å². The molecule has 1 aromatic carbocycles. The molecule has 1 rings (SSSR count). The number of aliphatic carboxylic acids is 1. The lowest BCUT2D eigenvalue weighted by Gasteiger charge is -2.23. The number of hydrogen-bond donors (Lipinski definition) is 4. The highest BCUT2D eigenvalue weighted by molar-refractivity contribution is 5.91. The molecular weight excluding hydrogens is 326 g/mol. The van der Waals surface area contributed by atoms with Gasteiger partial charge in [0.05, 0.1) is 25.1 Å². The van der Waals surface area contributed by atoms with Crippen molar-refractivity contribution in [3.63, 3.8) is 0 Å². The molecule has 25 heavy (non-hydrogen) atoms. The Hall–Kier alpha value is -2.45. The largest absolute Gasteiger partial charge is 0.481 e. The van der Waals surface area contributed by atoms with Crippen molar-refractivity contribution in [3.05, 3.63) is 35.9 Å². The molecule has 5 N–H and O–H groups in total. The highest BCUT2D eigenvalue weighted by Gasteiger charge is 2.25. The molecule has 0 radical (unpaired) electrons. The molecule has 3 atom stereocenters. The number of carboxylic acids is 1. The minimum absolute atomic E-state index is 0.276. The van der Waals surface area contributed by atoms with Gasteiger partial charge in [-0.05, 0) is 12.0 Å². The molecule has 0 aromatic heterocycles. The first-order chi connectivity index (χ1) is 11.9. The molecule has 0 heterocycles. The van der Waals surface area contributed by atoms with Crippen LogP contribution >= 0.6 is 0 Å². The van der Waals surface area contributed by atoms with Crippen molar-refractivity contribution in [3.8, 4) is 0 Å². The number of rotatable bonds is 10. The maximum Gasteiger partial charge on any atom is 0.305 e. The van der Waals surface area contributed by atoms with Crippen molar-refractivity contribution >= 4 is 17.8 Å². The smallest absolute Gasteiger partial charge is 0.305 e. The van der Waals surface area contributed by atoms with Gasteiger partial charge >= 0.3 is 5.97 Å². The first-order valence-corrected chi connectivity index (χ1v) is 8.01. The molecule has 0 aliphatic heterocycles. The third kappa shape index (κ3) is 6.90. The zero-order valence-corrected chi connectivity index (χ0v) is 14.4. The Morgan fingerprint density at radius 1 is 1.16 bits per heavy atom. The van der Waals surface area contributed by atoms with Crippen LogP contribution in [0.3, 0.4) is 0 Å². The van der Waals surface area contributed by atoms with E-state index in [1.807, 2.05) is 30.3 Å². The summed E-state index contributed by atoms with van der Waals surface area (Å²) in [6.45, 7) is 2.01. The van der Waals surface area contributed by atoms with Crippen LogP contribution in [0.25, 0.3) is 0 Å². The summed E-state index contributed by atoms with van der Waals surface area (Å²) in [6, 6.07) is 6.94. The summed E-state index contributed by atoms with van der Waals surface area (Å²) in [5, 5.41) is 14.0. The third-order valence-electron chi connectivity index (χ3n) is 3.62. The Morgan fingerprint density at radius 3 is 2.32 bits per heavy atom. The molecule has 0 aliphatic carbocycles. The molecule has 0 unspecified atom stereocenters. The number of amides is 2. The number of hydrogen-bond acceptors (Lipinski definition) is 5. The van der Waals surface area contributed by atoms with Gasteiger partial charge in [0.2, 0.25) is 11.8 Å². The summed E-state index contributed by atoms with van der Waals surface area (Å²) >= 11 is 0. The van der Waals surface area contributed by atoms with Crippen molar-refractivity contribution in [2.24, 2.45) is 5.73 Å². The Bertz CT molecular complexity index is 579. The van der Waals surface area contributed by atoms with E-state index in [4.69, 9.17) is 15.6 Å². The van der Waals surface area contributed by atoms with Crippen LogP contribution in [-0.2, 0) is 19.1 Å². The number of methoxy groups -OCH3 is 1. The van der Waals surface area contributed by atoms with Crippen molar-refractivity contribution in [1.29, 1.82) is 0 Å². The molecule has 0 fully saturated rings. The molecule has 8 nitrogen and oxygen atoms in total. The lowest BCUT2D eigenvalue weighted by Crippen LogP contribution is -2.52. The van der Waals surface area contributed by atoms with Gasteiger partial charge in [-0.3, -0.25) is 14.4 Å². The fourth-order valence-corrected chi connectivity index (χ4v) is 2.26.